The molecule has 0 aliphatic carbocycles. The molecule has 0 bridgehead atoms. The lowest BCUT2D eigenvalue weighted by Gasteiger charge is -2.08. The summed E-state index contributed by atoms with van der Waals surface area (Å²) in [6, 6.07) is 7.15. The molecule has 0 atom stereocenters. The van der Waals surface area contributed by atoms with Gasteiger partial charge in [-0.3, -0.25) is 4.79 Å². The molecule has 20 heavy (non-hydrogen) atoms. The third kappa shape index (κ3) is 7.33. The van der Waals surface area contributed by atoms with Gasteiger partial charge < -0.3 is 19.9 Å². The van der Waals surface area contributed by atoms with Crippen molar-refractivity contribution in [3.05, 3.63) is 29.3 Å². The lowest BCUT2D eigenvalue weighted by atomic mass is 10.3. The van der Waals surface area contributed by atoms with Crippen molar-refractivity contribution in [3.8, 4) is 5.75 Å². The molecule has 0 unspecified atom stereocenters. The van der Waals surface area contributed by atoms with Gasteiger partial charge in [0, 0.05) is 13.2 Å². The summed E-state index contributed by atoms with van der Waals surface area (Å²) >= 11 is 5.93. The molecule has 1 rings (SSSR count). The molecule has 0 aliphatic heterocycles. The van der Waals surface area contributed by atoms with Gasteiger partial charge in [0.15, 0.2) is 0 Å². The van der Waals surface area contributed by atoms with Gasteiger partial charge in [-0.15, -0.1) is 0 Å². The van der Waals surface area contributed by atoms with E-state index in [1.54, 1.807) is 12.1 Å². The number of aliphatic hydroxyl groups excluding tert-OH is 1. The van der Waals surface area contributed by atoms with Crippen LogP contribution in [0, 0.1) is 0 Å². The molecule has 0 radical (unpaired) electrons. The number of benzene rings is 1. The van der Waals surface area contributed by atoms with E-state index in [-0.39, 0.29) is 25.5 Å². The van der Waals surface area contributed by atoms with Gasteiger partial charge in [0.1, 0.15) is 5.75 Å². The van der Waals surface area contributed by atoms with Crippen molar-refractivity contribution in [2.75, 3.05) is 33.0 Å². The molecule has 0 heterocycles. The van der Waals surface area contributed by atoms with Crippen LogP contribution in [-0.2, 0) is 9.53 Å². The Morgan fingerprint density at radius 1 is 1.25 bits per heavy atom. The first-order chi connectivity index (χ1) is 9.74. The van der Waals surface area contributed by atoms with Crippen LogP contribution < -0.4 is 10.1 Å². The predicted molar refractivity (Wildman–Crippen MR) is 77.1 cm³/mol. The number of halogens is 1. The molecular formula is C14H20ClNO4. The highest BCUT2D eigenvalue weighted by Gasteiger charge is 2.03. The maximum atomic E-state index is 11.5. The average Bonchev–Trinajstić information content (AvgIpc) is 2.45. The Morgan fingerprint density at radius 2 is 2.05 bits per heavy atom. The lowest BCUT2D eigenvalue weighted by Crippen LogP contribution is -2.26. The summed E-state index contributed by atoms with van der Waals surface area (Å²) in [4.78, 5) is 11.5. The highest BCUT2D eigenvalue weighted by atomic mass is 35.5. The molecule has 1 aromatic rings. The molecule has 0 aromatic heterocycles. The molecule has 2 N–H and O–H groups in total. The van der Waals surface area contributed by atoms with Crippen molar-refractivity contribution in [2.45, 2.75) is 12.8 Å². The predicted octanol–water partition coefficient (Wildman–Crippen LogP) is 1.62. The summed E-state index contributed by atoms with van der Waals surface area (Å²) in [5.41, 5.74) is 0. The number of carbonyl (C=O) groups excluding carboxylic acids is 1. The van der Waals surface area contributed by atoms with E-state index in [1.165, 1.54) is 0 Å². The van der Waals surface area contributed by atoms with Crippen LogP contribution >= 0.6 is 11.6 Å². The molecule has 0 spiro atoms. The molecule has 5 nitrogen and oxygen atoms in total. The molecule has 0 aliphatic rings. The minimum absolute atomic E-state index is 0.0196. The Morgan fingerprint density at radius 3 is 2.80 bits per heavy atom. The van der Waals surface area contributed by atoms with E-state index in [2.05, 4.69) is 5.32 Å². The Labute approximate surface area is 123 Å². The largest absolute Gasteiger partial charge is 0.491 e. The molecule has 1 amide bonds. The van der Waals surface area contributed by atoms with Crippen LogP contribution in [0.15, 0.2) is 24.3 Å². The van der Waals surface area contributed by atoms with Gasteiger partial charge in [-0.25, -0.2) is 0 Å². The maximum absolute atomic E-state index is 11.5. The number of aliphatic hydroxyl groups is 1. The van der Waals surface area contributed by atoms with Gasteiger partial charge in [-0.2, -0.15) is 0 Å². The van der Waals surface area contributed by atoms with Crippen molar-refractivity contribution >= 4 is 17.5 Å². The van der Waals surface area contributed by atoms with Gasteiger partial charge in [0.05, 0.1) is 31.3 Å². The second-order valence-electron chi connectivity index (χ2n) is 4.07. The standard InChI is InChI=1S/C14H20ClNO4/c15-12-4-1-2-5-13(12)20-10-6-14(18)16-7-3-9-19-11-8-17/h1-2,4-5,17H,3,6-11H2,(H,16,18). The van der Waals surface area contributed by atoms with Crippen LogP contribution in [-0.4, -0.2) is 44.0 Å². The quantitative estimate of drug-likeness (QED) is 0.645. The van der Waals surface area contributed by atoms with Gasteiger partial charge in [-0.05, 0) is 18.6 Å². The fourth-order valence-electron chi connectivity index (χ4n) is 1.47. The average molecular weight is 302 g/mol. The van der Waals surface area contributed by atoms with Crippen molar-refractivity contribution in [2.24, 2.45) is 0 Å². The highest BCUT2D eigenvalue weighted by molar-refractivity contribution is 6.32. The first-order valence-corrected chi connectivity index (χ1v) is 6.94. The fourth-order valence-corrected chi connectivity index (χ4v) is 1.66. The normalized spacial score (nSPS) is 10.3. The van der Waals surface area contributed by atoms with Gasteiger partial charge in [0.2, 0.25) is 5.91 Å². The van der Waals surface area contributed by atoms with Gasteiger partial charge in [0.25, 0.3) is 0 Å². The van der Waals surface area contributed by atoms with Crippen LogP contribution in [0.5, 0.6) is 5.75 Å². The lowest BCUT2D eigenvalue weighted by molar-refractivity contribution is -0.121. The van der Waals surface area contributed by atoms with E-state index in [4.69, 9.17) is 26.2 Å². The minimum atomic E-state index is -0.0702. The van der Waals surface area contributed by atoms with Crippen LogP contribution in [0.25, 0.3) is 0 Å². The van der Waals surface area contributed by atoms with Crippen molar-refractivity contribution in [1.29, 1.82) is 0 Å². The number of carbonyl (C=O) groups is 1. The zero-order valence-corrected chi connectivity index (χ0v) is 12.1. The smallest absolute Gasteiger partial charge is 0.223 e. The Balaban J connectivity index is 2.04. The highest BCUT2D eigenvalue weighted by Crippen LogP contribution is 2.22. The summed E-state index contributed by atoms with van der Waals surface area (Å²) in [7, 11) is 0. The molecule has 0 fully saturated rings. The van der Waals surface area contributed by atoms with E-state index in [9.17, 15) is 4.79 Å². The second-order valence-corrected chi connectivity index (χ2v) is 4.48. The van der Waals surface area contributed by atoms with E-state index in [0.29, 0.717) is 30.5 Å². The second kappa shape index (κ2) is 10.5. The van der Waals surface area contributed by atoms with Crippen molar-refractivity contribution < 1.29 is 19.4 Å². The summed E-state index contributed by atoms with van der Waals surface area (Å²) < 4.78 is 10.5. The zero-order valence-electron chi connectivity index (χ0n) is 11.3. The first kappa shape index (κ1) is 16.8. The number of para-hydroxylation sites is 1. The number of hydrogen-bond acceptors (Lipinski definition) is 4. The van der Waals surface area contributed by atoms with E-state index in [1.807, 2.05) is 12.1 Å². The van der Waals surface area contributed by atoms with Crippen LogP contribution in [0.1, 0.15) is 12.8 Å². The third-order valence-electron chi connectivity index (χ3n) is 2.45. The van der Waals surface area contributed by atoms with Gasteiger partial charge in [-0.1, -0.05) is 23.7 Å². The number of hydrogen-bond donors (Lipinski definition) is 2. The summed E-state index contributed by atoms with van der Waals surface area (Å²) in [6.07, 6.45) is 1.000. The first-order valence-electron chi connectivity index (χ1n) is 6.56. The van der Waals surface area contributed by atoms with Crippen molar-refractivity contribution in [3.63, 3.8) is 0 Å². The Kier molecular flexibility index (Phi) is 8.78. The van der Waals surface area contributed by atoms with Crippen LogP contribution in [0.4, 0.5) is 0 Å². The summed E-state index contributed by atoms with van der Waals surface area (Å²) in [5, 5.41) is 11.8. The Bertz CT molecular complexity index is 401. The topological polar surface area (TPSA) is 67.8 Å². The Hall–Kier alpha value is -1.30. The molecule has 112 valence electrons. The van der Waals surface area contributed by atoms with Crippen LogP contribution in [0.2, 0.25) is 5.02 Å². The van der Waals surface area contributed by atoms with Crippen LogP contribution in [0.3, 0.4) is 0 Å². The number of rotatable bonds is 10. The number of amides is 1. The van der Waals surface area contributed by atoms with E-state index in [0.717, 1.165) is 6.42 Å². The van der Waals surface area contributed by atoms with E-state index >= 15 is 0 Å². The van der Waals surface area contributed by atoms with Crippen molar-refractivity contribution in [1.82, 2.24) is 5.32 Å². The SMILES string of the molecule is O=C(CCOc1ccccc1Cl)NCCCOCCO. The van der Waals surface area contributed by atoms with E-state index < -0.39 is 0 Å². The molecule has 0 saturated carbocycles. The minimum Gasteiger partial charge on any atom is -0.491 e. The molecule has 6 heteroatoms. The summed E-state index contributed by atoms with van der Waals surface area (Å²) in [5.74, 6) is 0.513. The monoisotopic (exact) mass is 301 g/mol. The number of ether oxygens (including phenoxy) is 2. The molecular weight excluding hydrogens is 282 g/mol. The fraction of sp³-hybridized carbons (Fsp3) is 0.500. The maximum Gasteiger partial charge on any atom is 0.223 e. The third-order valence-corrected chi connectivity index (χ3v) is 2.76. The van der Waals surface area contributed by atoms with Gasteiger partial charge >= 0.3 is 0 Å². The zero-order chi connectivity index (χ0) is 14.6. The molecule has 1 aromatic carbocycles. The summed E-state index contributed by atoms with van der Waals surface area (Å²) in [6.45, 7) is 1.72. The number of nitrogens with one attached hydrogen (secondary N) is 1. The molecule has 0 saturated heterocycles.